The Balaban J connectivity index is 1.93. The molecule has 1 rings (SSSR count). The Hall–Kier alpha value is -0.610. The van der Waals surface area contributed by atoms with Gasteiger partial charge in [0.05, 0.1) is 6.61 Å². The van der Waals surface area contributed by atoms with E-state index in [1.807, 2.05) is 6.92 Å². The van der Waals surface area contributed by atoms with Crippen LogP contribution < -0.4 is 0 Å². The summed E-state index contributed by atoms with van der Waals surface area (Å²) in [6.07, 6.45) is 4.75. The highest BCUT2D eigenvalue weighted by Crippen LogP contribution is 2.08. The van der Waals surface area contributed by atoms with Gasteiger partial charge in [-0.25, -0.2) is 0 Å². The van der Waals surface area contributed by atoms with Crippen LogP contribution >= 0.6 is 0 Å². The molecule has 1 fully saturated rings. The van der Waals surface area contributed by atoms with E-state index >= 15 is 0 Å². The maximum absolute atomic E-state index is 11.4. The van der Waals surface area contributed by atoms with Crippen LogP contribution in [0.5, 0.6) is 0 Å². The van der Waals surface area contributed by atoms with Crippen molar-refractivity contribution in [3.05, 3.63) is 0 Å². The highest BCUT2D eigenvalue weighted by molar-refractivity contribution is 5.69. The molecule has 0 amide bonds. The second-order valence-corrected chi connectivity index (χ2v) is 4.95. The van der Waals surface area contributed by atoms with Crippen molar-refractivity contribution in [2.45, 2.75) is 39.0 Å². The van der Waals surface area contributed by atoms with Crippen LogP contribution in [-0.4, -0.2) is 48.8 Å². The van der Waals surface area contributed by atoms with Gasteiger partial charge in [-0.15, -0.1) is 0 Å². The second kappa shape index (κ2) is 8.48. The minimum atomic E-state index is -0.102. The fraction of sp³-hybridized carbons (Fsp3) is 0.923. The number of aliphatic hydroxyl groups excluding tert-OH is 1. The van der Waals surface area contributed by atoms with Crippen molar-refractivity contribution in [2.75, 3.05) is 32.8 Å². The molecular formula is C13H25NO3. The van der Waals surface area contributed by atoms with Crippen LogP contribution in [0.15, 0.2) is 0 Å². The highest BCUT2D eigenvalue weighted by Gasteiger charge is 2.12. The Morgan fingerprint density at radius 3 is 2.76 bits per heavy atom. The lowest BCUT2D eigenvalue weighted by Crippen LogP contribution is -2.21. The Labute approximate surface area is 104 Å². The number of rotatable bonds is 8. The van der Waals surface area contributed by atoms with Crippen LogP contribution in [0.2, 0.25) is 0 Å². The van der Waals surface area contributed by atoms with Crippen molar-refractivity contribution in [2.24, 2.45) is 5.92 Å². The summed E-state index contributed by atoms with van der Waals surface area (Å²) >= 11 is 0. The zero-order chi connectivity index (χ0) is 12.5. The number of hydrogen-bond acceptors (Lipinski definition) is 4. The zero-order valence-electron chi connectivity index (χ0n) is 10.9. The lowest BCUT2D eigenvalue weighted by molar-refractivity contribution is -0.144. The van der Waals surface area contributed by atoms with E-state index in [9.17, 15) is 4.79 Å². The largest absolute Gasteiger partial charge is 0.466 e. The highest BCUT2D eigenvalue weighted by atomic mass is 16.5. The molecule has 1 N–H and O–H groups in total. The fourth-order valence-electron chi connectivity index (χ4n) is 1.99. The Kier molecular flexibility index (Phi) is 7.21. The quantitative estimate of drug-likeness (QED) is 0.655. The van der Waals surface area contributed by atoms with Crippen LogP contribution in [0.4, 0.5) is 0 Å². The maximum atomic E-state index is 11.4. The van der Waals surface area contributed by atoms with Crippen LogP contribution in [0.25, 0.3) is 0 Å². The van der Waals surface area contributed by atoms with Gasteiger partial charge in [-0.1, -0.05) is 6.92 Å². The van der Waals surface area contributed by atoms with E-state index in [0.717, 1.165) is 19.4 Å². The molecule has 0 aliphatic carbocycles. The van der Waals surface area contributed by atoms with Crippen molar-refractivity contribution in [3.63, 3.8) is 0 Å². The average Bonchev–Trinajstić information content (AvgIpc) is 2.82. The number of carbonyl (C=O) groups excluding carboxylic acids is 1. The molecule has 17 heavy (non-hydrogen) atoms. The topological polar surface area (TPSA) is 49.8 Å². The van der Waals surface area contributed by atoms with Gasteiger partial charge in [0, 0.05) is 13.0 Å². The number of ether oxygens (including phenoxy) is 1. The van der Waals surface area contributed by atoms with Crippen molar-refractivity contribution >= 4 is 5.97 Å². The Morgan fingerprint density at radius 1 is 1.41 bits per heavy atom. The van der Waals surface area contributed by atoms with Gasteiger partial charge in [0.25, 0.3) is 0 Å². The van der Waals surface area contributed by atoms with E-state index in [0.29, 0.717) is 13.0 Å². The van der Waals surface area contributed by atoms with Crippen LogP contribution in [0.3, 0.4) is 0 Å². The minimum Gasteiger partial charge on any atom is -0.466 e. The predicted molar refractivity (Wildman–Crippen MR) is 66.7 cm³/mol. The van der Waals surface area contributed by atoms with Crippen LogP contribution in [0.1, 0.15) is 39.0 Å². The third-order valence-electron chi connectivity index (χ3n) is 3.24. The predicted octanol–water partition coefficient (Wildman–Crippen LogP) is 1.42. The minimum absolute atomic E-state index is 0.102. The molecule has 0 aromatic rings. The van der Waals surface area contributed by atoms with Gasteiger partial charge in [0.15, 0.2) is 0 Å². The number of carbonyl (C=O) groups is 1. The molecule has 0 spiro atoms. The van der Waals surface area contributed by atoms with Gasteiger partial charge in [0.1, 0.15) is 0 Å². The molecule has 1 unspecified atom stereocenters. The first-order valence-electron chi connectivity index (χ1n) is 6.71. The normalized spacial score (nSPS) is 18.2. The first-order chi connectivity index (χ1) is 8.22. The number of hydrogen-bond donors (Lipinski definition) is 1. The molecule has 0 aromatic carbocycles. The van der Waals surface area contributed by atoms with Crippen LogP contribution in [0, 0.1) is 5.92 Å². The van der Waals surface area contributed by atoms with E-state index in [4.69, 9.17) is 9.84 Å². The molecule has 0 bridgehead atoms. The summed E-state index contributed by atoms with van der Waals surface area (Å²) in [4.78, 5) is 13.8. The molecule has 0 saturated carbocycles. The number of nitrogens with zero attached hydrogens (tertiary/aromatic N) is 1. The summed E-state index contributed by atoms with van der Waals surface area (Å²) < 4.78 is 5.11. The summed E-state index contributed by atoms with van der Waals surface area (Å²) in [5.74, 6) is 0.113. The molecule has 1 aliphatic heterocycles. The second-order valence-electron chi connectivity index (χ2n) is 4.95. The zero-order valence-corrected chi connectivity index (χ0v) is 10.9. The third-order valence-corrected chi connectivity index (χ3v) is 3.24. The van der Waals surface area contributed by atoms with E-state index in [1.54, 1.807) is 0 Å². The smallest absolute Gasteiger partial charge is 0.305 e. The van der Waals surface area contributed by atoms with Gasteiger partial charge in [-0.3, -0.25) is 4.79 Å². The molecule has 1 saturated heterocycles. The SMILES string of the molecule is CC(CO)CCOC(=O)CCCN1CCCC1. The van der Waals surface area contributed by atoms with Gasteiger partial charge in [-0.05, 0) is 51.2 Å². The fourth-order valence-corrected chi connectivity index (χ4v) is 1.99. The molecule has 0 radical (unpaired) electrons. The number of aliphatic hydroxyl groups is 1. The van der Waals surface area contributed by atoms with Crippen molar-refractivity contribution in [1.29, 1.82) is 0 Å². The Morgan fingerprint density at radius 2 is 2.12 bits per heavy atom. The number of likely N-dealkylation sites (tertiary alicyclic amines) is 1. The summed E-state index contributed by atoms with van der Waals surface area (Å²) in [6.45, 7) is 5.92. The van der Waals surface area contributed by atoms with Gasteiger partial charge < -0.3 is 14.7 Å². The molecule has 4 heteroatoms. The number of esters is 1. The van der Waals surface area contributed by atoms with E-state index in [1.165, 1.54) is 25.9 Å². The van der Waals surface area contributed by atoms with Gasteiger partial charge >= 0.3 is 5.97 Å². The van der Waals surface area contributed by atoms with E-state index < -0.39 is 0 Å². The summed E-state index contributed by atoms with van der Waals surface area (Å²) in [5.41, 5.74) is 0. The molecule has 0 aromatic heterocycles. The van der Waals surface area contributed by atoms with Gasteiger partial charge in [-0.2, -0.15) is 0 Å². The molecule has 1 aliphatic rings. The lowest BCUT2D eigenvalue weighted by atomic mass is 10.1. The average molecular weight is 243 g/mol. The standard InChI is InChI=1S/C13H25NO3/c1-12(11-15)6-10-17-13(16)5-4-9-14-7-2-3-8-14/h12,15H,2-11H2,1H3. The summed E-state index contributed by atoms with van der Waals surface area (Å²) in [6, 6.07) is 0. The molecule has 1 heterocycles. The monoisotopic (exact) mass is 243 g/mol. The molecule has 4 nitrogen and oxygen atoms in total. The van der Waals surface area contributed by atoms with Crippen LogP contribution in [-0.2, 0) is 9.53 Å². The van der Waals surface area contributed by atoms with Crippen molar-refractivity contribution < 1.29 is 14.6 Å². The van der Waals surface area contributed by atoms with E-state index in [2.05, 4.69) is 4.90 Å². The van der Waals surface area contributed by atoms with Gasteiger partial charge in [0.2, 0.25) is 0 Å². The molecule has 1 atom stereocenters. The summed E-state index contributed by atoms with van der Waals surface area (Å²) in [7, 11) is 0. The van der Waals surface area contributed by atoms with E-state index in [-0.39, 0.29) is 18.5 Å². The van der Waals surface area contributed by atoms with Crippen molar-refractivity contribution in [1.82, 2.24) is 4.90 Å². The summed E-state index contributed by atoms with van der Waals surface area (Å²) in [5, 5.41) is 8.82. The lowest BCUT2D eigenvalue weighted by Gasteiger charge is -2.13. The third kappa shape index (κ3) is 6.64. The van der Waals surface area contributed by atoms with Crippen molar-refractivity contribution in [3.8, 4) is 0 Å². The maximum Gasteiger partial charge on any atom is 0.305 e. The first-order valence-corrected chi connectivity index (χ1v) is 6.71. The Bertz CT molecular complexity index is 215. The first kappa shape index (κ1) is 14.5. The molecule has 100 valence electrons. The molecular weight excluding hydrogens is 218 g/mol.